The van der Waals surface area contributed by atoms with E-state index in [0.717, 1.165) is 23.8 Å². The highest BCUT2D eigenvalue weighted by molar-refractivity contribution is 5.95. The Morgan fingerprint density at radius 2 is 1.62 bits per heavy atom. The smallest absolute Gasteiger partial charge is 0.284 e. The summed E-state index contributed by atoms with van der Waals surface area (Å²) in [4.78, 5) is 25.3. The van der Waals surface area contributed by atoms with E-state index in [1.54, 1.807) is 24.3 Å². The molecular weight excluding hydrogens is 437 g/mol. The highest BCUT2D eigenvalue weighted by atomic mass is 19.3. The van der Waals surface area contributed by atoms with Crippen LogP contribution in [0, 0.1) is 18.6 Å². The van der Waals surface area contributed by atoms with E-state index in [0.29, 0.717) is 16.3 Å². The molecule has 2 aromatic carbocycles. The third-order valence-corrected chi connectivity index (χ3v) is 4.42. The molecule has 32 heavy (non-hydrogen) atoms. The summed E-state index contributed by atoms with van der Waals surface area (Å²) in [6.07, 6.45) is -9.19. The van der Waals surface area contributed by atoms with Crippen molar-refractivity contribution in [2.45, 2.75) is 25.7 Å². The summed E-state index contributed by atoms with van der Waals surface area (Å²) in [5.74, 6) is -3.47. The average molecular weight is 453 g/mol. The van der Waals surface area contributed by atoms with Gasteiger partial charge in [0.2, 0.25) is 6.30 Å². The van der Waals surface area contributed by atoms with Gasteiger partial charge in [0.1, 0.15) is 17.2 Å². The Morgan fingerprint density at radius 1 is 1.03 bits per heavy atom. The molecule has 11 heteroatoms. The van der Waals surface area contributed by atoms with Crippen LogP contribution in [0.25, 0.3) is 16.9 Å². The van der Waals surface area contributed by atoms with Gasteiger partial charge < -0.3 is 10.4 Å². The fraction of sp³-hybridized carbons (Fsp3) is 0.190. The molecule has 1 heterocycles. The molecule has 0 aliphatic rings. The van der Waals surface area contributed by atoms with Crippen molar-refractivity contribution in [3.05, 3.63) is 81.6 Å². The molecule has 0 saturated carbocycles. The van der Waals surface area contributed by atoms with E-state index in [2.05, 4.69) is 5.10 Å². The topological polar surface area (TPSA) is 84.2 Å². The van der Waals surface area contributed by atoms with Crippen LogP contribution in [0.5, 0.6) is 0 Å². The first kappa shape index (κ1) is 23.1. The second kappa shape index (κ2) is 9.27. The number of aliphatic hydroxyl groups is 1. The van der Waals surface area contributed by atoms with Crippen molar-refractivity contribution in [3.63, 3.8) is 0 Å². The van der Waals surface area contributed by atoms with Crippen molar-refractivity contribution in [3.8, 4) is 16.9 Å². The minimum Gasteiger partial charge on any atom is -0.382 e. The first-order valence-corrected chi connectivity index (χ1v) is 9.16. The number of aromatic nitrogens is 2. The van der Waals surface area contributed by atoms with Crippen LogP contribution >= 0.6 is 0 Å². The highest BCUT2D eigenvalue weighted by Crippen LogP contribution is 2.19. The van der Waals surface area contributed by atoms with Crippen molar-refractivity contribution >= 4 is 5.91 Å². The first-order chi connectivity index (χ1) is 15.1. The lowest BCUT2D eigenvalue weighted by Gasteiger charge is -2.17. The minimum absolute atomic E-state index is 0.00392. The number of carbonyl (C=O) groups excluding carboxylic acids is 1. The zero-order valence-electron chi connectivity index (χ0n) is 16.4. The molecule has 0 radical (unpaired) electrons. The number of hydrogen-bond acceptors (Lipinski definition) is 4. The number of alkyl halides is 3. The normalized spacial score (nSPS) is 13.1. The Hall–Kier alpha value is -3.60. The average Bonchev–Trinajstić information content (AvgIpc) is 2.73. The van der Waals surface area contributed by atoms with Crippen LogP contribution < -0.4 is 10.9 Å². The van der Waals surface area contributed by atoms with Crippen molar-refractivity contribution < 1.29 is 31.9 Å². The van der Waals surface area contributed by atoms with Crippen LogP contribution in [-0.2, 0) is 0 Å². The standard InChI is InChI=1S/C21H16F5N3O3/c1-10-2-4-11(5-3-10)16-9-15(20(31)27-19(26)17(30)18(24)25)21(32)29(28-16)14-7-12(22)6-13(23)8-14/h2-9,17-19,30H,1H3,(H,27,31)/t17-,19?/m1/s1. The molecule has 0 aliphatic heterocycles. The number of amides is 1. The fourth-order valence-corrected chi connectivity index (χ4v) is 2.78. The number of aryl methyl sites for hydroxylation is 1. The monoisotopic (exact) mass is 453 g/mol. The molecule has 0 spiro atoms. The van der Waals surface area contributed by atoms with Crippen LogP contribution in [0.3, 0.4) is 0 Å². The van der Waals surface area contributed by atoms with Crippen LogP contribution in [0.1, 0.15) is 15.9 Å². The van der Waals surface area contributed by atoms with Gasteiger partial charge in [0.05, 0.1) is 11.4 Å². The summed E-state index contributed by atoms with van der Waals surface area (Å²) in [7, 11) is 0. The molecule has 1 aromatic heterocycles. The number of halogens is 5. The molecule has 1 amide bonds. The largest absolute Gasteiger partial charge is 0.382 e. The minimum atomic E-state index is -3.49. The number of aliphatic hydroxyl groups excluding tert-OH is 1. The van der Waals surface area contributed by atoms with Crippen LogP contribution in [-0.4, -0.2) is 39.6 Å². The van der Waals surface area contributed by atoms with Crippen molar-refractivity contribution in [1.82, 2.24) is 15.1 Å². The van der Waals surface area contributed by atoms with Gasteiger partial charge in [-0.25, -0.2) is 22.0 Å². The van der Waals surface area contributed by atoms with E-state index >= 15 is 0 Å². The van der Waals surface area contributed by atoms with Crippen LogP contribution in [0.2, 0.25) is 0 Å². The van der Waals surface area contributed by atoms with Gasteiger partial charge in [-0.1, -0.05) is 29.8 Å². The van der Waals surface area contributed by atoms with E-state index in [1.807, 2.05) is 6.92 Å². The van der Waals surface area contributed by atoms with Crippen LogP contribution in [0.4, 0.5) is 22.0 Å². The number of rotatable bonds is 6. The van der Waals surface area contributed by atoms with Gasteiger partial charge in [-0.3, -0.25) is 9.59 Å². The number of nitrogens with one attached hydrogen (secondary N) is 1. The summed E-state index contributed by atoms with van der Waals surface area (Å²) in [5, 5.41) is 14.6. The maximum absolute atomic E-state index is 13.8. The number of carbonyl (C=O) groups is 1. The van der Waals surface area contributed by atoms with Crippen molar-refractivity contribution in [2.75, 3.05) is 0 Å². The molecule has 168 valence electrons. The molecule has 3 aromatic rings. The molecule has 1 unspecified atom stereocenters. The number of hydrogen-bond donors (Lipinski definition) is 2. The van der Waals surface area contributed by atoms with E-state index in [-0.39, 0.29) is 11.4 Å². The summed E-state index contributed by atoms with van der Waals surface area (Å²) < 4.78 is 66.8. The van der Waals surface area contributed by atoms with Gasteiger partial charge in [0.25, 0.3) is 17.9 Å². The fourth-order valence-electron chi connectivity index (χ4n) is 2.78. The van der Waals surface area contributed by atoms with E-state index in [9.17, 15) is 31.5 Å². The van der Waals surface area contributed by atoms with Gasteiger partial charge >= 0.3 is 0 Å². The van der Waals surface area contributed by atoms with Gasteiger partial charge in [-0.2, -0.15) is 9.78 Å². The van der Waals surface area contributed by atoms with Crippen molar-refractivity contribution in [1.29, 1.82) is 0 Å². The molecule has 0 fully saturated rings. The predicted molar refractivity (Wildman–Crippen MR) is 104 cm³/mol. The maximum atomic E-state index is 13.8. The van der Waals surface area contributed by atoms with Crippen LogP contribution in [0.15, 0.2) is 53.3 Å². The van der Waals surface area contributed by atoms with Gasteiger partial charge in [0, 0.05) is 11.6 Å². The van der Waals surface area contributed by atoms with E-state index < -0.39 is 47.5 Å². The molecular formula is C21H16F5N3O3. The Bertz CT molecular complexity index is 1180. The lowest BCUT2D eigenvalue weighted by atomic mass is 10.1. The SMILES string of the molecule is Cc1ccc(-c2cc(C(=O)NC(F)[C@H](O)C(F)F)c(=O)n(-c3cc(F)cc(F)c3)n2)cc1. The quantitative estimate of drug-likeness (QED) is 0.444. The zero-order valence-corrected chi connectivity index (χ0v) is 16.4. The van der Waals surface area contributed by atoms with Gasteiger partial charge in [-0.05, 0) is 25.1 Å². The van der Waals surface area contributed by atoms with Gasteiger partial charge in [0.15, 0.2) is 6.10 Å². The molecule has 0 bridgehead atoms. The zero-order chi connectivity index (χ0) is 23.6. The van der Waals surface area contributed by atoms with E-state index in [4.69, 9.17) is 5.11 Å². The second-order valence-corrected chi connectivity index (χ2v) is 6.85. The number of nitrogens with zero attached hydrogens (tertiary/aromatic N) is 2. The molecule has 0 aliphatic carbocycles. The Balaban J connectivity index is 2.15. The Labute approximate surface area is 177 Å². The Kier molecular flexibility index (Phi) is 6.68. The third kappa shape index (κ3) is 4.99. The summed E-state index contributed by atoms with van der Waals surface area (Å²) in [5.41, 5.74) is -1.01. The summed E-state index contributed by atoms with van der Waals surface area (Å²) in [6, 6.07) is 9.71. The van der Waals surface area contributed by atoms with Crippen molar-refractivity contribution in [2.24, 2.45) is 0 Å². The molecule has 2 atom stereocenters. The third-order valence-electron chi connectivity index (χ3n) is 4.42. The lowest BCUT2D eigenvalue weighted by molar-refractivity contribution is -0.0551. The molecule has 0 saturated heterocycles. The predicted octanol–water partition coefficient (Wildman–Crippen LogP) is 3.14. The first-order valence-electron chi connectivity index (χ1n) is 9.16. The summed E-state index contributed by atoms with van der Waals surface area (Å²) in [6.45, 7) is 1.81. The van der Waals surface area contributed by atoms with Gasteiger partial charge in [-0.15, -0.1) is 0 Å². The molecule has 6 nitrogen and oxygen atoms in total. The summed E-state index contributed by atoms with van der Waals surface area (Å²) >= 11 is 0. The molecule has 2 N–H and O–H groups in total. The lowest BCUT2D eigenvalue weighted by Crippen LogP contribution is -2.45. The maximum Gasteiger partial charge on any atom is 0.284 e. The highest BCUT2D eigenvalue weighted by Gasteiger charge is 2.30. The Morgan fingerprint density at radius 3 is 2.19 bits per heavy atom. The number of benzene rings is 2. The second-order valence-electron chi connectivity index (χ2n) is 6.85. The van der Waals surface area contributed by atoms with E-state index in [1.165, 1.54) is 5.32 Å². The molecule has 3 rings (SSSR count).